The van der Waals surface area contributed by atoms with E-state index >= 15 is 0 Å². The fourth-order valence-electron chi connectivity index (χ4n) is 3.10. The first-order valence-corrected chi connectivity index (χ1v) is 7.78. The molecule has 18 heavy (non-hydrogen) atoms. The first kappa shape index (κ1) is 13.9. The minimum atomic E-state index is -0.265. The zero-order valence-electron chi connectivity index (χ0n) is 11.7. The van der Waals surface area contributed by atoms with Crippen LogP contribution in [0.2, 0.25) is 0 Å². The number of carbonyl (C=O) groups excluding carboxylic acids is 1. The molecule has 0 aromatic heterocycles. The van der Waals surface area contributed by atoms with Crippen LogP contribution in [0, 0.1) is 5.92 Å². The quantitative estimate of drug-likeness (QED) is 0.790. The molecular weight excluding hydrogens is 224 g/mol. The van der Waals surface area contributed by atoms with E-state index in [1.807, 2.05) is 0 Å². The van der Waals surface area contributed by atoms with Gasteiger partial charge in [0.1, 0.15) is 0 Å². The lowest BCUT2D eigenvalue weighted by Gasteiger charge is -2.31. The van der Waals surface area contributed by atoms with Crippen LogP contribution in [0.3, 0.4) is 0 Å². The summed E-state index contributed by atoms with van der Waals surface area (Å²) in [7, 11) is 0. The fourth-order valence-corrected chi connectivity index (χ4v) is 3.10. The van der Waals surface area contributed by atoms with Crippen molar-refractivity contribution in [2.45, 2.75) is 76.8 Å². The van der Waals surface area contributed by atoms with Gasteiger partial charge in [-0.05, 0) is 38.0 Å². The molecule has 2 rings (SSSR count). The van der Waals surface area contributed by atoms with Crippen molar-refractivity contribution >= 4 is 5.91 Å². The van der Waals surface area contributed by atoms with Gasteiger partial charge in [0.05, 0.1) is 6.04 Å². The summed E-state index contributed by atoms with van der Waals surface area (Å²) >= 11 is 0. The average Bonchev–Trinajstić information content (AvgIpc) is 3.21. The maximum atomic E-state index is 12.4. The molecule has 0 bridgehead atoms. The molecule has 0 radical (unpaired) electrons. The van der Waals surface area contributed by atoms with Gasteiger partial charge in [0.15, 0.2) is 0 Å². The van der Waals surface area contributed by atoms with E-state index in [9.17, 15) is 4.79 Å². The topological polar surface area (TPSA) is 46.3 Å². The summed E-state index contributed by atoms with van der Waals surface area (Å²) in [6, 6.07) is 0.251. The molecule has 0 saturated heterocycles. The van der Waals surface area contributed by atoms with E-state index in [2.05, 4.69) is 11.8 Å². The number of amides is 1. The second kappa shape index (κ2) is 6.55. The van der Waals surface area contributed by atoms with Crippen molar-refractivity contribution in [3.05, 3.63) is 0 Å². The predicted octanol–water partition coefficient (Wildman–Crippen LogP) is 2.69. The van der Waals surface area contributed by atoms with Gasteiger partial charge in [0.2, 0.25) is 5.91 Å². The van der Waals surface area contributed by atoms with Gasteiger partial charge in [-0.1, -0.05) is 32.6 Å². The minimum absolute atomic E-state index is 0.213. The van der Waals surface area contributed by atoms with Crippen LogP contribution in [-0.2, 0) is 4.79 Å². The van der Waals surface area contributed by atoms with Gasteiger partial charge in [0, 0.05) is 12.6 Å². The highest BCUT2D eigenvalue weighted by Crippen LogP contribution is 2.31. The second-order valence-electron chi connectivity index (χ2n) is 6.12. The van der Waals surface area contributed by atoms with Gasteiger partial charge in [-0.15, -0.1) is 0 Å². The first-order chi connectivity index (χ1) is 8.72. The van der Waals surface area contributed by atoms with Crippen LogP contribution in [0.15, 0.2) is 0 Å². The molecule has 2 aliphatic rings. The molecule has 2 fully saturated rings. The Morgan fingerprint density at radius 1 is 1.22 bits per heavy atom. The highest BCUT2D eigenvalue weighted by Gasteiger charge is 2.35. The van der Waals surface area contributed by atoms with Gasteiger partial charge >= 0.3 is 0 Å². The van der Waals surface area contributed by atoms with Crippen LogP contribution in [-0.4, -0.2) is 29.4 Å². The Morgan fingerprint density at radius 3 is 2.44 bits per heavy atom. The maximum Gasteiger partial charge on any atom is 0.239 e. The molecule has 0 aromatic rings. The van der Waals surface area contributed by atoms with E-state index in [-0.39, 0.29) is 11.9 Å². The third-order valence-corrected chi connectivity index (χ3v) is 4.37. The van der Waals surface area contributed by atoms with E-state index in [1.54, 1.807) is 0 Å². The van der Waals surface area contributed by atoms with Crippen molar-refractivity contribution in [3.63, 3.8) is 0 Å². The Bertz CT molecular complexity index is 270. The molecule has 2 N–H and O–H groups in total. The summed E-state index contributed by atoms with van der Waals surface area (Å²) in [5.41, 5.74) is 6.01. The molecule has 1 atom stereocenters. The lowest BCUT2D eigenvalue weighted by atomic mass is 9.88. The van der Waals surface area contributed by atoms with Gasteiger partial charge in [-0.25, -0.2) is 0 Å². The smallest absolute Gasteiger partial charge is 0.239 e. The summed E-state index contributed by atoms with van der Waals surface area (Å²) < 4.78 is 0. The van der Waals surface area contributed by atoms with Crippen LogP contribution >= 0.6 is 0 Å². The molecule has 1 amide bonds. The van der Waals surface area contributed by atoms with Crippen molar-refractivity contribution in [2.24, 2.45) is 11.7 Å². The fraction of sp³-hybridized carbons (Fsp3) is 0.933. The molecular formula is C15H28N2O. The zero-order chi connectivity index (χ0) is 13.0. The molecule has 0 spiro atoms. The summed E-state index contributed by atoms with van der Waals surface area (Å²) in [4.78, 5) is 14.5. The standard InChI is InChI=1S/C15H28N2O/c1-2-6-14(16)15(18)17(13-9-10-13)11-12-7-4-3-5-8-12/h12-14H,2-11,16H2,1H3. The van der Waals surface area contributed by atoms with Crippen molar-refractivity contribution in [2.75, 3.05) is 6.54 Å². The van der Waals surface area contributed by atoms with Crippen molar-refractivity contribution in [1.82, 2.24) is 4.90 Å². The Kier molecular flexibility index (Phi) is 5.04. The monoisotopic (exact) mass is 252 g/mol. The van der Waals surface area contributed by atoms with Crippen molar-refractivity contribution < 1.29 is 4.79 Å². The number of carbonyl (C=O) groups is 1. The second-order valence-corrected chi connectivity index (χ2v) is 6.12. The zero-order valence-corrected chi connectivity index (χ0v) is 11.7. The third kappa shape index (κ3) is 3.71. The van der Waals surface area contributed by atoms with Crippen LogP contribution < -0.4 is 5.73 Å². The number of hydrogen-bond acceptors (Lipinski definition) is 2. The number of nitrogens with two attached hydrogens (primary N) is 1. The summed E-state index contributed by atoms with van der Waals surface area (Å²) in [6.07, 6.45) is 10.9. The Labute approximate surface area is 111 Å². The van der Waals surface area contributed by atoms with Crippen LogP contribution in [0.5, 0.6) is 0 Å². The van der Waals surface area contributed by atoms with E-state index in [4.69, 9.17) is 5.73 Å². The third-order valence-electron chi connectivity index (χ3n) is 4.37. The molecule has 3 heteroatoms. The Hall–Kier alpha value is -0.570. The van der Waals surface area contributed by atoms with Gasteiger partial charge in [-0.2, -0.15) is 0 Å². The summed E-state index contributed by atoms with van der Waals surface area (Å²) in [6.45, 7) is 3.07. The molecule has 2 saturated carbocycles. The van der Waals surface area contributed by atoms with E-state index in [1.165, 1.54) is 44.9 Å². The van der Waals surface area contributed by atoms with Gasteiger partial charge in [0.25, 0.3) is 0 Å². The van der Waals surface area contributed by atoms with E-state index < -0.39 is 0 Å². The highest BCUT2D eigenvalue weighted by atomic mass is 16.2. The van der Waals surface area contributed by atoms with Gasteiger partial charge in [-0.3, -0.25) is 4.79 Å². The first-order valence-electron chi connectivity index (χ1n) is 7.78. The number of rotatable bonds is 6. The largest absolute Gasteiger partial charge is 0.338 e. The molecule has 1 unspecified atom stereocenters. The Balaban J connectivity index is 1.88. The lowest BCUT2D eigenvalue weighted by Crippen LogP contribution is -2.47. The van der Waals surface area contributed by atoms with E-state index in [0.717, 1.165) is 25.3 Å². The minimum Gasteiger partial charge on any atom is -0.338 e. The lowest BCUT2D eigenvalue weighted by molar-refractivity contribution is -0.134. The molecule has 0 aromatic carbocycles. The number of hydrogen-bond donors (Lipinski definition) is 1. The molecule has 104 valence electrons. The molecule has 0 aliphatic heterocycles. The number of nitrogens with zero attached hydrogens (tertiary/aromatic N) is 1. The highest BCUT2D eigenvalue weighted by molar-refractivity contribution is 5.82. The maximum absolute atomic E-state index is 12.4. The molecule has 2 aliphatic carbocycles. The normalized spacial score (nSPS) is 22.8. The predicted molar refractivity (Wildman–Crippen MR) is 74.2 cm³/mol. The van der Waals surface area contributed by atoms with E-state index in [0.29, 0.717) is 6.04 Å². The van der Waals surface area contributed by atoms with Crippen LogP contribution in [0.25, 0.3) is 0 Å². The SMILES string of the molecule is CCCC(N)C(=O)N(CC1CCCCC1)C1CC1. The summed E-state index contributed by atoms with van der Waals surface area (Å²) in [5.74, 6) is 0.946. The average molecular weight is 252 g/mol. The molecule has 3 nitrogen and oxygen atoms in total. The van der Waals surface area contributed by atoms with Gasteiger partial charge < -0.3 is 10.6 Å². The Morgan fingerprint density at radius 2 is 1.89 bits per heavy atom. The van der Waals surface area contributed by atoms with Crippen LogP contribution in [0.4, 0.5) is 0 Å². The van der Waals surface area contributed by atoms with Crippen molar-refractivity contribution in [1.29, 1.82) is 0 Å². The molecule has 0 heterocycles. The van der Waals surface area contributed by atoms with Crippen LogP contribution in [0.1, 0.15) is 64.7 Å². The summed E-state index contributed by atoms with van der Waals surface area (Å²) in [5, 5.41) is 0. The van der Waals surface area contributed by atoms with Crippen molar-refractivity contribution in [3.8, 4) is 0 Å².